The van der Waals surface area contributed by atoms with E-state index in [1.165, 1.54) is 6.07 Å². The Morgan fingerprint density at radius 2 is 1.75 bits per heavy atom. The summed E-state index contributed by atoms with van der Waals surface area (Å²) in [5, 5.41) is 0. The Balaban J connectivity index is 1.23. The minimum atomic E-state index is -4.34. The molecule has 172 valence electrons. The van der Waals surface area contributed by atoms with Gasteiger partial charge in [-0.05, 0) is 49.5 Å². The molecule has 1 atom stereocenters. The Bertz CT molecular complexity index is 902. The fourth-order valence-electron chi connectivity index (χ4n) is 4.51. The second-order valence-corrected chi connectivity index (χ2v) is 8.59. The van der Waals surface area contributed by atoms with Crippen LogP contribution in [0.2, 0.25) is 0 Å². The van der Waals surface area contributed by atoms with E-state index >= 15 is 0 Å². The first-order chi connectivity index (χ1) is 15.4. The number of piperidine rings is 1. The summed E-state index contributed by atoms with van der Waals surface area (Å²) in [6.07, 6.45) is 1.09. The number of alkyl halides is 3. The van der Waals surface area contributed by atoms with Crippen molar-refractivity contribution in [2.24, 2.45) is 11.8 Å². The van der Waals surface area contributed by atoms with Gasteiger partial charge in [0, 0.05) is 44.4 Å². The van der Waals surface area contributed by atoms with Gasteiger partial charge in [-0.25, -0.2) is 9.97 Å². The fraction of sp³-hybridized carbons (Fsp3) is 0.522. The lowest BCUT2D eigenvalue weighted by Gasteiger charge is -2.34. The monoisotopic (exact) mass is 448 g/mol. The number of benzene rings is 1. The van der Waals surface area contributed by atoms with Gasteiger partial charge in [-0.2, -0.15) is 13.2 Å². The van der Waals surface area contributed by atoms with Gasteiger partial charge in [0.25, 0.3) is 0 Å². The Labute approximate surface area is 185 Å². The van der Waals surface area contributed by atoms with Gasteiger partial charge in [0.2, 0.25) is 5.91 Å². The highest BCUT2D eigenvalue weighted by atomic mass is 19.4. The Morgan fingerprint density at radius 3 is 2.47 bits per heavy atom. The van der Waals surface area contributed by atoms with E-state index < -0.39 is 11.7 Å². The van der Waals surface area contributed by atoms with Gasteiger partial charge in [0.1, 0.15) is 0 Å². The van der Waals surface area contributed by atoms with Crippen molar-refractivity contribution < 1.29 is 22.7 Å². The van der Waals surface area contributed by atoms with E-state index in [1.807, 2.05) is 4.90 Å². The number of hydrogen-bond donors (Lipinski definition) is 0. The number of ether oxygens (including phenoxy) is 1. The molecule has 2 fully saturated rings. The Kier molecular flexibility index (Phi) is 6.93. The predicted octanol–water partition coefficient (Wildman–Crippen LogP) is 3.63. The average Bonchev–Trinajstić information content (AvgIpc) is 3.13. The molecule has 4 rings (SSSR count). The van der Waals surface area contributed by atoms with E-state index in [-0.39, 0.29) is 11.8 Å². The summed E-state index contributed by atoms with van der Waals surface area (Å²) in [4.78, 5) is 24.5. The molecule has 32 heavy (non-hydrogen) atoms. The molecule has 0 bridgehead atoms. The molecule has 1 amide bonds. The van der Waals surface area contributed by atoms with Crippen LogP contribution in [0.3, 0.4) is 0 Å². The predicted molar refractivity (Wildman–Crippen MR) is 112 cm³/mol. The molecule has 0 radical (unpaired) electrons. The van der Waals surface area contributed by atoms with Crippen LogP contribution in [-0.4, -0.2) is 58.5 Å². The third-order valence-corrected chi connectivity index (χ3v) is 6.19. The highest BCUT2D eigenvalue weighted by molar-refractivity contribution is 5.78. The van der Waals surface area contributed by atoms with Crippen LogP contribution in [0.1, 0.15) is 30.4 Å². The van der Waals surface area contributed by atoms with Crippen molar-refractivity contribution in [3.63, 3.8) is 0 Å². The lowest BCUT2D eigenvalue weighted by molar-refractivity contribution is -0.138. The molecule has 9 heteroatoms. The number of carbonyl (C=O) groups excluding carboxylic acids is 1. The zero-order chi connectivity index (χ0) is 22.6. The van der Waals surface area contributed by atoms with Crippen molar-refractivity contribution in [3.05, 3.63) is 53.9 Å². The molecule has 2 saturated heterocycles. The summed E-state index contributed by atoms with van der Waals surface area (Å²) >= 11 is 0. The summed E-state index contributed by atoms with van der Waals surface area (Å²) in [5.74, 6) is 0.615. The zero-order valence-corrected chi connectivity index (χ0v) is 17.8. The molecular formula is C23H27F3N4O2. The minimum absolute atomic E-state index is 0.116. The van der Waals surface area contributed by atoms with Crippen molar-refractivity contribution >= 4 is 5.91 Å². The van der Waals surface area contributed by atoms with Crippen LogP contribution in [0, 0.1) is 11.8 Å². The Hall–Kier alpha value is -2.68. The van der Waals surface area contributed by atoms with E-state index in [1.54, 1.807) is 30.6 Å². The zero-order valence-electron chi connectivity index (χ0n) is 17.8. The summed E-state index contributed by atoms with van der Waals surface area (Å²) < 4.78 is 45.3. The normalized spacial score (nSPS) is 20.7. The molecule has 1 unspecified atom stereocenters. The fourth-order valence-corrected chi connectivity index (χ4v) is 4.51. The third kappa shape index (κ3) is 5.76. The topological polar surface area (TPSA) is 58.6 Å². The van der Waals surface area contributed by atoms with Crippen molar-refractivity contribution in [2.45, 2.75) is 32.0 Å². The SMILES string of the molecule is O=C1CC(COc2ncccn2)CN1CC1CCN(Cc2ccccc2C(F)(F)F)CC1. The summed E-state index contributed by atoms with van der Waals surface area (Å²) in [7, 11) is 0. The number of aromatic nitrogens is 2. The van der Waals surface area contributed by atoms with Crippen LogP contribution in [0.25, 0.3) is 0 Å². The van der Waals surface area contributed by atoms with Gasteiger partial charge < -0.3 is 9.64 Å². The standard InChI is InChI=1S/C23H27F3N4O2/c24-23(25,26)20-5-2-1-4-19(20)15-29-10-6-17(7-11-29)13-30-14-18(12-21(30)31)16-32-22-27-8-3-9-28-22/h1-5,8-9,17-18H,6-7,10-16H2. The number of amides is 1. The van der Waals surface area contributed by atoms with Gasteiger partial charge in [-0.15, -0.1) is 0 Å². The van der Waals surface area contributed by atoms with Crippen LogP contribution in [0.4, 0.5) is 13.2 Å². The second kappa shape index (κ2) is 9.85. The maximum Gasteiger partial charge on any atom is 0.416 e. The third-order valence-electron chi connectivity index (χ3n) is 6.19. The minimum Gasteiger partial charge on any atom is -0.463 e. The highest BCUT2D eigenvalue weighted by Crippen LogP contribution is 2.33. The highest BCUT2D eigenvalue weighted by Gasteiger charge is 2.35. The first-order valence-corrected chi connectivity index (χ1v) is 10.9. The molecule has 0 N–H and O–H groups in total. The van der Waals surface area contributed by atoms with Crippen LogP contribution in [0.5, 0.6) is 6.01 Å². The molecule has 2 aromatic rings. The van der Waals surface area contributed by atoms with Gasteiger partial charge in [0.05, 0.1) is 12.2 Å². The molecule has 1 aromatic carbocycles. The first-order valence-electron chi connectivity index (χ1n) is 10.9. The van der Waals surface area contributed by atoms with Crippen molar-refractivity contribution in [3.8, 4) is 6.01 Å². The van der Waals surface area contributed by atoms with Gasteiger partial charge >= 0.3 is 12.2 Å². The van der Waals surface area contributed by atoms with Crippen molar-refractivity contribution in [1.82, 2.24) is 19.8 Å². The van der Waals surface area contributed by atoms with Crippen molar-refractivity contribution in [2.75, 3.05) is 32.8 Å². The number of likely N-dealkylation sites (tertiary alicyclic amines) is 2. The summed E-state index contributed by atoms with van der Waals surface area (Å²) in [5.41, 5.74) is -0.239. The largest absolute Gasteiger partial charge is 0.463 e. The van der Waals surface area contributed by atoms with Gasteiger partial charge in [-0.3, -0.25) is 9.69 Å². The quantitative estimate of drug-likeness (QED) is 0.648. The molecule has 1 aromatic heterocycles. The molecule has 0 spiro atoms. The molecule has 2 aliphatic heterocycles. The smallest absolute Gasteiger partial charge is 0.416 e. The van der Waals surface area contributed by atoms with Gasteiger partial charge in [0.15, 0.2) is 0 Å². The van der Waals surface area contributed by atoms with E-state index in [0.29, 0.717) is 50.2 Å². The van der Waals surface area contributed by atoms with Crippen LogP contribution >= 0.6 is 0 Å². The Morgan fingerprint density at radius 1 is 1.03 bits per heavy atom. The number of rotatable bonds is 7. The lowest BCUT2D eigenvalue weighted by Crippen LogP contribution is -2.39. The molecule has 6 nitrogen and oxygen atoms in total. The maximum absolute atomic E-state index is 13.2. The molecule has 3 heterocycles. The average molecular weight is 448 g/mol. The van der Waals surface area contributed by atoms with E-state index in [9.17, 15) is 18.0 Å². The van der Waals surface area contributed by atoms with Crippen LogP contribution in [0.15, 0.2) is 42.7 Å². The second-order valence-electron chi connectivity index (χ2n) is 8.59. The van der Waals surface area contributed by atoms with Crippen LogP contribution < -0.4 is 4.74 Å². The molecule has 0 aliphatic carbocycles. The van der Waals surface area contributed by atoms with E-state index in [0.717, 1.165) is 32.0 Å². The lowest BCUT2D eigenvalue weighted by atomic mass is 9.95. The van der Waals surface area contributed by atoms with E-state index in [4.69, 9.17) is 4.74 Å². The molecule has 2 aliphatic rings. The van der Waals surface area contributed by atoms with Crippen molar-refractivity contribution in [1.29, 1.82) is 0 Å². The first kappa shape index (κ1) is 22.5. The number of nitrogens with zero attached hydrogens (tertiary/aromatic N) is 4. The number of halogens is 3. The number of carbonyl (C=O) groups is 1. The summed E-state index contributed by atoms with van der Waals surface area (Å²) in [6.45, 7) is 3.53. The van der Waals surface area contributed by atoms with Gasteiger partial charge in [-0.1, -0.05) is 18.2 Å². The van der Waals surface area contributed by atoms with E-state index in [2.05, 4.69) is 14.9 Å². The number of hydrogen-bond acceptors (Lipinski definition) is 5. The molecular weight excluding hydrogens is 421 g/mol. The van der Waals surface area contributed by atoms with Crippen LogP contribution in [-0.2, 0) is 17.5 Å². The molecule has 0 saturated carbocycles. The summed E-state index contributed by atoms with van der Waals surface area (Å²) in [6, 6.07) is 7.81. The maximum atomic E-state index is 13.2.